The van der Waals surface area contributed by atoms with Crippen LogP contribution >= 0.6 is 22.6 Å². The van der Waals surface area contributed by atoms with Gasteiger partial charge in [-0.2, -0.15) is 5.26 Å². The average molecular weight is 466 g/mol. The molecular formula is C20H11IN4O2. The smallest absolute Gasteiger partial charge is 0.270 e. The van der Waals surface area contributed by atoms with Crippen LogP contribution in [0.25, 0.3) is 27.8 Å². The minimum absolute atomic E-state index is 0.0343. The first-order valence-electron chi connectivity index (χ1n) is 7.99. The quantitative estimate of drug-likeness (QED) is 0.240. The number of aromatic nitrogens is 2. The number of hydrogen-bond donors (Lipinski definition) is 0. The van der Waals surface area contributed by atoms with E-state index < -0.39 is 4.92 Å². The summed E-state index contributed by atoms with van der Waals surface area (Å²) in [7, 11) is 0. The molecule has 0 aliphatic rings. The molecule has 0 atom stereocenters. The summed E-state index contributed by atoms with van der Waals surface area (Å²) in [5, 5.41) is 21.4. The van der Waals surface area contributed by atoms with E-state index in [9.17, 15) is 15.4 Å². The van der Waals surface area contributed by atoms with Gasteiger partial charge in [0.2, 0.25) is 0 Å². The first-order valence-corrected chi connectivity index (χ1v) is 9.07. The minimum Gasteiger partial charge on any atom is -0.316 e. The fourth-order valence-corrected chi connectivity index (χ4v) is 3.62. The number of rotatable bonds is 3. The van der Waals surface area contributed by atoms with Gasteiger partial charge in [0, 0.05) is 44.7 Å². The van der Waals surface area contributed by atoms with Crippen molar-refractivity contribution in [2.75, 3.05) is 0 Å². The molecule has 0 N–H and O–H groups in total. The Labute approximate surface area is 168 Å². The highest BCUT2D eigenvalue weighted by Crippen LogP contribution is 2.34. The zero-order valence-corrected chi connectivity index (χ0v) is 16.0. The lowest BCUT2D eigenvalue weighted by Crippen LogP contribution is -1.99. The Morgan fingerprint density at radius 2 is 2.00 bits per heavy atom. The van der Waals surface area contributed by atoms with Gasteiger partial charge in [-0.25, -0.2) is 0 Å². The van der Waals surface area contributed by atoms with Crippen LogP contribution in [0.5, 0.6) is 0 Å². The van der Waals surface area contributed by atoms with Gasteiger partial charge in [0.15, 0.2) is 0 Å². The van der Waals surface area contributed by atoms with Crippen molar-refractivity contribution in [3.63, 3.8) is 0 Å². The number of fused-ring (bicyclic) bond motifs is 1. The second-order valence-electron chi connectivity index (χ2n) is 5.86. The molecule has 0 bridgehead atoms. The van der Waals surface area contributed by atoms with Crippen molar-refractivity contribution < 1.29 is 4.92 Å². The molecule has 0 aliphatic heterocycles. The molecule has 0 saturated carbocycles. The van der Waals surface area contributed by atoms with E-state index in [0.717, 1.165) is 15.0 Å². The van der Waals surface area contributed by atoms with Crippen LogP contribution in [0.2, 0.25) is 0 Å². The predicted molar refractivity (Wildman–Crippen MR) is 111 cm³/mol. The Kier molecular flexibility index (Phi) is 4.33. The van der Waals surface area contributed by atoms with E-state index in [1.54, 1.807) is 6.07 Å². The SMILES string of the molecule is N#Cc1cnc2ccc([N+](=O)[O-])cc2c1-c1cccn1-c1cccc(I)c1. The fourth-order valence-electron chi connectivity index (χ4n) is 3.09. The number of non-ortho nitro benzene ring substituents is 1. The predicted octanol–water partition coefficient (Wildman–Crippen LogP) is 5.08. The Hall–Kier alpha value is -3.25. The van der Waals surface area contributed by atoms with E-state index in [2.05, 4.69) is 33.6 Å². The fraction of sp³-hybridized carbons (Fsp3) is 0. The summed E-state index contributed by atoms with van der Waals surface area (Å²) in [6.45, 7) is 0. The number of halogens is 1. The summed E-state index contributed by atoms with van der Waals surface area (Å²) < 4.78 is 3.05. The number of hydrogen-bond acceptors (Lipinski definition) is 4. The third-order valence-corrected chi connectivity index (χ3v) is 4.95. The lowest BCUT2D eigenvalue weighted by Gasteiger charge is -2.13. The number of benzene rings is 2. The highest BCUT2D eigenvalue weighted by Gasteiger charge is 2.18. The summed E-state index contributed by atoms with van der Waals surface area (Å²) in [4.78, 5) is 15.1. The first kappa shape index (κ1) is 17.2. The van der Waals surface area contributed by atoms with Crippen molar-refractivity contribution in [2.45, 2.75) is 0 Å². The molecule has 0 spiro atoms. The van der Waals surface area contributed by atoms with E-state index in [1.807, 2.05) is 47.2 Å². The number of nitrogens with zero attached hydrogens (tertiary/aromatic N) is 4. The van der Waals surface area contributed by atoms with Crippen molar-refractivity contribution in [1.82, 2.24) is 9.55 Å². The molecule has 27 heavy (non-hydrogen) atoms. The van der Waals surface area contributed by atoms with Crippen molar-refractivity contribution in [2.24, 2.45) is 0 Å². The molecule has 0 amide bonds. The Bertz CT molecular complexity index is 1240. The number of nitro groups is 1. The monoisotopic (exact) mass is 466 g/mol. The highest BCUT2D eigenvalue weighted by atomic mass is 127. The van der Waals surface area contributed by atoms with Crippen LogP contribution in [0, 0.1) is 25.0 Å². The van der Waals surface area contributed by atoms with Crippen LogP contribution in [0.3, 0.4) is 0 Å². The largest absolute Gasteiger partial charge is 0.316 e. The molecule has 2 heterocycles. The van der Waals surface area contributed by atoms with Gasteiger partial charge < -0.3 is 4.57 Å². The van der Waals surface area contributed by atoms with Crippen molar-refractivity contribution in [3.8, 4) is 23.0 Å². The van der Waals surface area contributed by atoms with Gasteiger partial charge in [-0.05, 0) is 59.0 Å². The zero-order chi connectivity index (χ0) is 19.0. The van der Waals surface area contributed by atoms with E-state index in [-0.39, 0.29) is 5.69 Å². The number of nitro benzene ring substituents is 1. The second kappa shape index (κ2) is 6.81. The van der Waals surface area contributed by atoms with E-state index in [0.29, 0.717) is 22.0 Å². The molecule has 0 radical (unpaired) electrons. The molecule has 4 aromatic rings. The van der Waals surface area contributed by atoms with Gasteiger partial charge in [0.1, 0.15) is 6.07 Å². The number of nitriles is 1. The Morgan fingerprint density at radius 3 is 2.74 bits per heavy atom. The molecular weight excluding hydrogens is 455 g/mol. The van der Waals surface area contributed by atoms with E-state index >= 15 is 0 Å². The summed E-state index contributed by atoms with van der Waals surface area (Å²) in [5.41, 5.74) is 3.30. The van der Waals surface area contributed by atoms with Crippen LogP contribution in [0.1, 0.15) is 5.56 Å². The standard InChI is InChI=1S/C20H11IN4O2/c21-14-3-1-4-15(9-14)24-8-2-5-19(24)20-13(11-22)12-23-18-7-6-16(25(26)27)10-17(18)20/h1-10,12H. The molecule has 0 aliphatic carbocycles. The molecule has 0 saturated heterocycles. The normalized spacial score (nSPS) is 10.7. The zero-order valence-electron chi connectivity index (χ0n) is 13.8. The van der Waals surface area contributed by atoms with Gasteiger partial charge in [-0.1, -0.05) is 6.07 Å². The van der Waals surface area contributed by atoms with Crippen molar-refractivity contribution >= 4 is 39.2 Å². The lowest BCUT2D eigenvalue weighted by atomic mass is 10.0. The topological polar surface area (TPSA) is 84.8 Å². The lowest BCUT2D eigenvalue weighted by molar-refractivity contribution is -0.384. The summed E-state index contributed by atoms with van der Waals surface area (Å²) in [6.07, 6.45) is 3.42. The van der Waals surface area contributed by atoms with Gasteiger partial charge in [0.05, 0.1) is 21.7 Å². The summed E-state index contributed by atoms with van der Waals surface area (Å²) in [5.74, 6) is 0. The molecule has 0 unspecified atom stereocenters. The van der Waals surface area contributed by atoms with Crippen LogP contribution in [0.4, 0.5) is 5.69 Å². The Balaban J connectivity index is 2.05. The molecule has 7 heteroatoms. The van der Waals surface area contributed by atoms with Crippen LogP contribution in [-0.2, 0) is 0 Å². The third-order valence-electron chi connectivity index (χ3n) is 4.27. The molecule has 4 rings (SSSR count). The van der Waals surface area contributed by atoms with Crippen molar-refractivity contribution in [3.05, 3.63) is 86.2 Å². The number of pyridine rings is 1. The molecule has 6 nitrogen and oxygen atoms in total. The Morgan fingerprint density at radius 1 is 1.15 bits per heavy atom. The van der Waals surface area contributed by atoms with Crippen molar-refractivity contribution in [1.29, 1.82) is 5.26 Å². The van der Waals surface area contributed by atoms with Gasteiger partial charge in [0.25, 0.3) is 5.69 Å². The second-order valence-corrected chi connectivity index (χ2v) is 7.11. The average Bonchev–Trinajstić information content (AvgIpc) is 3.15. The highest BCUT2D eigenvalue weighted by molar-refractivity contribution is 14.1. The van der Waals surface area contributed by atoms with Gasteiger partial charge >= 0.3 is 0 Å². The van der Waals surface area contributed by atoms with E-state index in [4.69, 9.17) is 0 Å². The summed E-state index contributed by atoms with van der Waals surface area (Å²) >= 11 is 2.25. The van der Waals surface area contributed by atoms with Gasteiger partial charge in [-0.3, -0.25) is 15.1 Å². The molecule has 2 aromatic heterocycles. The van der Waals surface area contributed by atoms with Crippen LogP contribution < -0.4 is 0 Å². The maximum atomic E-state index is 11.2. The third kappa shape index (κ3) is 3.04. The maximum Gasteiger partial charge on any atom is 0.270 e. The van der Waals surface area contributed by atoms with Crippen LogP contribution in [0.15, 0.2) is 67.0 Å². The maximum absolute atomic E-state index is 11.2. The van der Waals surface area contributed by atoms with Crippen LogP contribution in [-0.4, -0.2) is 14.5 Å². The van der Waals surface area contributed by atoms with E-state index in [1.165, 1.54) is 18.3 Å². The van der Waals surface area contributed by atoms with Gasteiger partial charge in [-0.15, -0.1) is 0 Å². The first-order chi connectivity index (χ1) is 13.1. The minimum atomic E-state index is -0.444. The molecule has 130 valence electrons. The molecule has 0 fully saturated rings. The summed E-state index contributed by atoms with van der Waals surface area (Å²) in [6, 6.07) is 18.4. The molecule has 2 aromatic carbocycles.